The number of hydrogen-bond acceptors (Lipinski definition) is 8. The molecule has 0 heterocycles. The van der Waals surface area contributed by atoms with Gasteiger partial charge >= 0.3 is 5.97 Å². The molecular formula is C27H35N5O8. The quantitative estimate of drug-likeness (QED) is 0.130. The largest absolute Gasteiger partial charge is 0.508 e. The minimum Gasteiger partial charge on any atom is -0.508 e. The predicted octanol–water partition coefficient (Wildman–Crippen LogP) is -1.31. The van der Waals surface area contributed by atoms with Gasteiger partial charge in [0.1, 0.15) is 29.9 Å². The summed E-state index contributed by atoms with van der Waals surface area (Å²) in [5, 5.41) is 36.1. The summed E-state index contributed by atoms with van der Waals surface area (Å²) in [5.41, 5.74) is 12.1. The number of carboxylic acids is 1. The number of amides is 4. The maximum Gasteiger partial charge on any atom is 0.326 e. The number of carbonyl (C=O) groups is 5. The molecule has 0 fully saturated rings. The number of aliphatic hydroxyl groups is 1. The molecule has 0 aliphatic rings. The molecule has 0 saturated heterocycles. The summed E-state index contributed by atoms with van der Waals surface area (Å²) in [4.78, 5) is 62.2. The van der Waals surface area contributed by atoms with Crippen LogP contribution in [0.4, 0.5) is 0 Å². The van der Waals surface area contributed by atoms with Gasteiger partial charge in [-0.2, -0.15) is 0 Å². The lowest BCUT2D eigenvalue weighted by atomic mass is 10.0. The summed E-state index contributed by atoms with van der Waals surface area (Å²) in [5.74, 6) is -4.55. The van der Waals surface area contributed by atoms with Gasteiger partial charge < -0.3 is 42.7 Å². The fourth-order valence-electron chi connectivity index (χ4n) is 3.71. The first-order chi connectivity index (χ1) is 18.9. The van der Waals surface area contributed by atoms with Gasteiger partial charge in [0.05, 0.1) is 6.10 Å². The van der Waals surface area contributed by atoms with E-state index in [9.17, 15) is 39.3 Å². The third-order valence-electron chi connectivity index (χ3n) is 6.04. The first kappa shape index (κ1) is 31.7. The molecule has 0 aliphatic carbocycles. The van der Waals surface area contributed by atoms with E-state index in [1.54, 1.807) is 30.3 Å². The molecule has 2 aromatic carbocycles. The number of nitrogens with one attached hydrogen (secondary N) is 3. The number of aliphatic hydroxyl groups excluding tert-OH is 1. The first-order valence-electron chi connectivity index (χ1n) is 12.5. The first-order valence-corrected chi connectivity index (χ1v) is 12.5. The number of carbonyl (C=O) groups excluding carboxylic acids is 4. The van der Waals surface area contributed by atoms with Gasteiger partial charge in [-0.15, -0.1) is 0 Å². The van der Waals surface area contributed by atoms with E-state index in [1.165, 1.54) is 31.2 Å². The second kappa shape index (κ2) is 15.2. The number of aliphatic carboxylic acids is 1. The number of phenols is 1. The highest BCUT2D eigenvalue weighted by molar-refractivity contribution is 5.94. The van der Waals surface area contributed by atoms with Crippen LogP contribution in [0.1, 0.15) is 30.9 Å². The van der Waals surface area contributed by atoms with E-state index in [4.69, 9.17) is 11.5 Å². The summed E-state index contributed by atoms with van der Waals surface area (Å²) in [6.07, 6.45) is -1.82. The summed E-state index contributed by atoms with van der Waals surface area (Å²) in [7, 11) is 0. The van der Waals surface area contributed by atoms with E-state index in [2.05, 4.69) is 16.0 Å². The fraction of sp³-hybridized carbons (Fsp3) is 0.370. The topological polar surface area (TPSA) is 234 Å². The zero-order valence-electron chi connectivity index (χ0n) is 21.9. The van der Waals surface area contributed by atoms with E-state index in [-0.39, 0.29) is 31.4 Å². The SMILES string of the molecule is CC(O)C(N)C(=O)NC(CCC(N)=O)C(=O)NC(Cc1ccccc1)C(=O)NC(Cc1ccc(O)cc1)C(=O)O. The predicted molar refractivity (Wildman–Crippen MR) is 143 cm³/mol. The monoisotopic (exact) mass is 557 g/mol. The molecule has 0 spiro atoms. The van der Waals surface area contributed by atoms with Crippen molar-refractivity contribution in [2.45, 2.75) is 62.9 Å². The van der Waals surface area contributed by atoms with Gasteiger partial charge in [0.15, 0.2) is 0 Å². The number of aromatic hydroxyl groups is 1. The van der Waals surface area contributed by atoms with Crippen LogP contribution in [0.25, 0.3) is 0 Å². The van der Waals surface area contributed by atoms with E-state index in [0.717, 1.165) is 0 Å². The van der Waals surface area contributed by atoms with Crippen molar-refractivity contribution in [3.63, 3.8) is 0 Å². The van der Waals surface area contributed by atoms with Crippen LogP contribution in [-0.4, -0.2) is 75.2 Å². The molecule has 2 aromatic rings. The van der Waals surface area contributed by atoms with Crippen molar-refractivity contribution in [3.05, 3.63) is 65.7 Å². The van der Waals surface area contributed by atoms with Crippen LogP contribution >= 0.6 is 0 Å². The lowest BCUT2D eigenvalue weighted by Crippen LogP contribution is -2.58. The molecule has 0 bridgehead atoms. The third kappa shape index (κ3) is 10.3. The Morgan fingerprint density at radius 3 is 1.82 bits per heavy atom. The Morgan fingerprint density at radius 1 is 0.775 bits per heavy atom. The van der Waals surface area contributed by atoms with Gasteiger partial charge in [-0.3, -0.25) is 19.2 Å². The molecule has 5 atom stereocenters. The summed E-state index contributed by atoms with van der Waals surface area (Å²) in [6.45, 7) is 1.29. The molecule has 10 N–H and O–H groups in total. The molecule has 13 heteroatoms. The molecule has 4 amide bonds. The highest BCUT2D eigenvalue weighted by Crippen LogP contribution is 2.12. The Kier molecular flexibility index (Phi) is 12.0. The maximum absolute atomic E-state index is 13.3. The molecule has 40 heavy (non-hydrogen) atoms. The Hall–Kier alpha value is -4.49. The van der Waals surface area contributed by atoms with E-state index in [1.807, 2.05) is 0 Å². The van der Waals surface area contributed by atoms with E-state index >= 15 is 0 Å². The van der Waals surface area contributed by atoms with Crippen molar-refractivity contribution in [2.75, 3.05) is 0 Å². The number of carboxylic acid groups (broad SMARTS) is 1. The number of hydrogen-bond donors (Lipinski definition) is 8. The van der Waals surface area contributed by atoms with Crippen molar-refractivity contribution in [2.24, 2.45) is 11.5 Å². The van der Waals surface area contributed by atoms with Gasteiger partial charge in [-0.25, -0.2) is 4.79 Å². The van der Waals surface area contributed by atoms with Gasteiger partial charge in [0.25, 0.3) is 0 Å². The fourth-order valence-corrected chi connectivity index (χ4v) is 3.71. The lowest BCUT2D eigenvalue weighted by molar-refractivity contribution is -0.142. The Bertz CT molecular complexity index is 1170. The zero-order chi connectivity index (χ0) is 29.8. The summed E-state index contributed by atoms with van der Waals surface area (Å²) >= 11 is 0. The third-order valence-corrected chi connectivity index (χ3v) is 6.04. The molecule has 0 saturated carbocycles. The van der Waals surface area contributed by atoms with Crippen molar-refractivity contribution >= 4 is 29.6 Å². The Balaban J connectivity index is 2.27. The van der Waals surface area contributed by atoms with Crippen LogP contribution in [0, 0.1) is 0 Å². The number of rotatable bonds is 15. The smallest absolute Gasteiger partial charge is 0.326 e. The molecule has 0 aromatic heterocycles. The standard InChI is InChI=1S/C27H35N5O8/c1-15(33)23(29)26(38)30-19(11-12-22(28)35)24(36)31-20(13-16-5-3-2-4-6-16)25(37)32-21(27(39)40)14-17-7-9-18(34)10-8-17/h2-10,15,19-21,23,33-34H,11-14,29H2,1H3,(H2,28,35)(H,30,38)(H,31,36)(H,32,37)(H,39,40). The second-order valence-electron chi connectivity index (χ2n) is 9.35. The molecule has 2 rings (SSSR count). The van der Waals surface area contributed by atoms with Crippen LogP contribution in [0.5, 0.6) is 5.75 Å². The Morgan fingerprint density at radius 2 is 1.27 bits per heavy atom. The minimum absolute atomic E-state index is 0.00215. The Labute approximate surface area is 230 Å². The molecule has 0 radical (unpaired) electrons. The number of phenolic OH excluding ortho intramolecular Hbond substituents is 1. The normalized spacial score (nSPS) is 14.6. The van der Waals surface area contributed by atoms with Crippen LogP contribution < -0.4 is 27.4 Å². The van der Waals surface area contributed by atoms with Gasteiger partial charge in [0, 0.05) is 19.3 Å². The van der Waals surface area contributed by atoms with Crippen LogP contribution in [0.2, 0.25) is 0 Å². The lowest BCUT2D eigenvalue weighted by Gasteiger charge is -2.25. The van der Waals surface area contributed by atoms with Crippen LogP contribution in [0.15, 0.2) is 54.6 Å². The molecule has 216 valence electrons. The van der Waals surface area contributed by atoms with Crippen LogP contribution in [-0.2, 0) is 36.8 Å². The molecule has 5 unspecified atom stereocenters. The van der Waals surface area contributed by atoms with Gasteiger partial charge in [-0.1, -0.05) is 42.5 Å². The average Bonchev–Trinajstić information content (AvgIpc) is 2.90. The minimum atomic E-state index is -1.36. The van der Waals surface area contributed by atoms with E-state index < -0.39 is 59.9 Å². The summed E-state index contributed by atoms with van der Waals surface area (Å²) in [6, 6.07) is 9.14. The molecule has 13 nitrogen and oxygen atoms in total. The van der Waals surface area contributed by atoms with E-state index in [0.29, 0.717) is 11.1 Å². The molecular weight excluding hydrogens is 522 g/mol. The van der Waals surface area contributed by atoms with Gasteiger partial charge in [0.2, 0.25) is 23.6 Å². The number of nitrogens with two attached hydrogens (primary N) is 2. The number of benzene rings is 2. The van der Waals surface area contributed by atoms with Crippen molar-refractivity contribution in [1.82, 2.24) is 16.0 Å². The summed E-state index contributed by atoms with van der Waals surface area (Å²) < 4.78 is 0. The second-order valence-corrected chi connectivity index (χ2v) is 9.35. The van der Waals surface area contributed by atoms with Crippen molar-refractivity contribution < 1.29 is 39.3 Å². The zero-order valence-corrected chi connectivity index (χ0v) is 21.9. The van der Waals surface area contributed by atoms with Crippen molar-refractivity contribution in [3.8, 4) is 5.75 Å². The highest BCUT2D eigenvalue weighted by atomic mass is 16.4. The number of primary amides is 1. The molecule has 0 aliphatic heterocycles. The van der Waals surface area contributed by atoms with Crippen LogP contribution in [0.3, 0.4) is 0 Å². The highest BCUT2D eigenvalue weighted by Gasteiger charge is 2.31. The average molecular weight is 558 g/mol. The van der Waals surface area contributed by atoms with Gasteiger partial charge in [-0.05, 0) is 36.6 Å². The van der Waals surface area contributed by atoms with Crippen molar-refractivity contribution in [1.29, 1.82) is 0 Å². The maximum atomic E-state index is 13.3.